The fraction of sp³-hybridized carbons (Fsp3) is 0.480. The molecule has 4 rings (SSSR count). The van der Waals surface area contributed by atoms with Crippen LogP contribution in [-0.4, -0.2) is 50.3 Å². The molecule has 0 aliphatic carbocycles. The lowest BCUT2D eigenvalue weighted by atomic mass is 9.94. The van der Waals surface area contributed by atoms with Gasteiger partial charge in [0.2, 0.25) is 15.9 Å². The van der Waals surface area contributed by atoms with Crippen LogP contribution in [0.2, 0.25) is 0 Å². The second-order valence-electron chi connectivity index (χ2n) is 8.92. The lowest BCUT2D eigenvalue weighted by molar-refractivity contribution is -0.139. The summed E-state index contributed by atoms with van der Waals surface area (Å²) in [6, 6.07) is 10.2. The average Bonchev–Trinajstić information content (AvgIpc) is 3.11. The minimum atomic E-state index is -4.17. The fourth-order valence-corrected chi connectivity index (χ4v) is 6.48. The molecule has 2 aliphatic rings. The van der Waals surface area contributed by atoms with Crippen LogP contribution in [0.4, 0.5) is 8.78 Å². The summed E-state index contributed by atoms with van der Waals surface area (Å²) in [7, 11) is -2.56. The summed E-state index contributed by atoms with van der Waals surface area (Å²) in [6.45, 7) is 0.855. The predicted octanol–water partition coefficient (Wildman–Crippen LogP) is 4.52. The second kappa shape index (κ2) is 10.4. The van der Waals surface area contributed by atoms with Crippen molar-refractivity contribution >= 4 is 15.9 Å². The standard InChI is InChI=1S/C25H30F2N2O4S/c1-33-21-9-6-18(7-10-21)23-5-3-2-4-14-29(23)25(30)19-12-15-28(16-13-19)34(31,32)24-17-20(26)8-11-22(24)27/h6-11,17,19,23H,2-5,12-16H2,1H3/t23-/m0/s1. The fourth-order valence-electron chi connectivity index (χ4n) is 4.94. The first-order chi connectivity index (χ1) is 16.3. The maximum absolute atomic E-state index is 14.1. The molecule has 2 aliphatic heterocycles. The minimum absolute atomic E-state index is 0.0240. The van der Waals surface area contributed by atoms with Gasteiger partial charge in [-0.15, -0.1) is 0 Å². The molecule has 0 radical (unpaired) electrons. The summed E-state index contributed by atoms with van der Waals surface area (Å²) in [5.41, 5.74) is 1.07. The van der Waals surface area contributed by atoms with Gasteiger partial charge in [0.25, 0.3) is 0 Å². The normalized spacial score (nSPS) is 20.7. The van der Waals surface area contributed by atoms with Gasteiger partial charge in [-0.25, -0.2) is 17.2 Å². The third-order valence-corrected chi connectivity index (χ3v) is 8.76. The zero-order valence-corrected chi connectivity index (χ0v) is 20.1. The number of halogens is 2. The average molecular weight is 493 g/mol. The molecule has 1 amide bonds. The van der Waals surface area contributed by atoms with Gasteiger partial charge in [0.1, 0.15) is 22.3 Å². The van der Waals surface area contributed by atoms with Crippen molar-refractivity contribution in [3.8, 4) is 5.75 Å². The number of ether oxygens (including phenoxy) is 1. The lowest BCUT2D eigenvalue weighted by Crippen LogP contribution is -2.45. The van der Waals surface area contributed by atoms with E-state index in [9.17, 15) is 22.0 Å². The Morgan fingerprint density at radius 3 is 2.32 bits per heavy atom. The lowest BCUT2D eigenvalue weighted by Gasteiger charge is -2.37. The Kier molecular flexibility index (Phi) is 7.52. The quantitative estimate of drug-likeness (QED) is 0.616. The minimum Gasteiger partial charge on any atom is -0.497 e. The number of carbonyl (C=O) groups is 1. The number of hydrogen-bond acceptors (Lipinski definition) is 4. The molecule has 9 heteroatoms. The molecular formula is C25H30F2N2O4S. The van der Waals surface area contributed by atoms with E-state index in [0.29, 0.717) is 25.5 Å². The van der Waals surface area contributed by atoms with Gasteiger partial charge in [0.15, 0.2) is 0 Å². The number of nitrogens with zero attached hydrogens (tertiary/aromatic N) is 2. The highest BCUT2D eigenvalue weighted by molar-refractivity contribution is 7.89. The maximum atomic E-state index is 14.1. The van der Waals surface area contributed by atoms with Crippen molar-refractivity contribution in [2.45, 2.75) is 49.5 Å². The van der Waals surface area contributed by atoms with E-state index in [0.717, 1.165) is 53.4 Å². The Balaban J connectivity index is 1.47. The van der Waals surface area contributed by atoms with Crippen LogP contribution < -0.4 is 4.74 Å². The Morgan fingerprint density at radius 2 is 1.65 bits per heavy atom. The molecular weight excluding hydrogens is 462 g/mol. The van der Waals surface area contributed by atoms with Crippen LogP contribution in [-0.2, 0) is 14.8 Å². The van der Waals surface area contributed by atoms with E-state index in [-0.39, 0.29) is 31.0 Å². The summed E-state index contributed by atoms with van der Waals surface area (Å²) in [6.07, 6.45) is 4.61. The van der Waals surface area contributed by atoms with Crippen LogP contribution in [0, 0.1) is 17.6 Å². The van der Waals surface area contributed by atoms with Gasteiger partial charge < -0.3 is 9.64 Å². The number of hydrogen-bond donors (Lipinski definition) is 0. The van der Waals surface area contributed by atoms with Gasteiger partial charge in [0, 0.05) is 25.6 Å². The number of carbonyl (C=O) groups excluding carboxylic acids is 1. The molecule has 1 atom stereocenters. The highest BCUT2D eigenvalue weighted by Crippen LogP contribution is 2.34. The number of rotatable bonds is 5. The number of methoxy groups -OCH3 is 1. The molecule has 0 unspecified atom stereocenters. The van der Waals surface area contributed by atoms with Crippen molar-refractivity contribution in [2.24, 2.45) is 5.92 Å². The number of benzene rings is 2. The zero-order valence-electron chi connectivity index (χ0n) is 19.3. The molecule has 0 bridgehead atoms. The third kappa shape index (κ3) is 5.10. The Hall–Kier alpha value is -2.52. The molecule has 2 heterocycles. The van der Waals surface area contributed by atoms with Crippen LogP contribution in [0.5, 0.6) is 5.75 Å². The molecule has 0 saturated carbocycles. The van der Waals surface area contributed by atoms with Crippen LogP contribution >= 0.6 is 0 Å². The summed E-state index contributed by atoms with van der Waals surface area (Å²) < 4.78 is 59.9. The Labute approximate surface area is 199 Å². The first-order valence-electron chi connectivity index (χ1n) is 11.7. The van der Waals surface area contributed by atoms with Gasteiger partial charge in [-0.05, 0) is 61.6 Å². The Morgan fingerprint density at radius 1 is 0.941 bits per heavy atom. The number of piperidine rings is 1. The second-order valence-corrected chi connectivity index (χ2v) is 10.8. The van der Waals surface area contributed by atoms with E-state index in [2.05, 4.69) is 0 Å². The predicted molar refractivity (Wildman–Crippen MR) is 124 cm³/mol. The van der Waals surface area contributed by atoms with Crippen molar-refractivity contribution in [1.82, 2.24) is 9.21 Å². The van der Waals surface area contributed by atoms with E-state index in [4.69, 9.17) is 4.74 Å². The molecule has 184 valence electrons. The third-order valence-electron chi connectivity index (χ3n) is 6.85. The monoisotopic (exact) mass is 492 g/mol. The van der Waals surface area contributed by atoms with Gasteiger partial charge in [-0.2, -0.15) is 4.31 Å². The van der Waals surface area contributed by atoms with Gasteiger partial charge in [-0.3, -0.25) is 4.79 Å². The summed E-state index contributed by atoms with van der Waals surface area (Å²) in [4.78, 5) is 14.9. The van der Waals surface area contributed by atoms with Gasteiger partial charge >= 0.3 is 0 Å². The van der Waals surface area contributed by atoms with Crippen molar-refractivity contribution in [1.29, 1.82) is 0 Å². The summed E-state index contributed by atoms with van der Waals surface area (Å²) in [5.74, 6) is -1.29. The van der Waals surface area contributed by atoms with Crippen LogP contribution in [0.15, 0.2) is 47.4 Å². The topological polar surface area (TPSA) is 66.9 Å². The molecule has 2 saturated heterocycles. The van der Waals surface area contributed by atoms with E-state index < -0.39 is 26.6 Å². The molecule has 0 N–H and O–H groups in total. The van der Waals surface area contributed by atoms with Crippen molar-refractivity contribution in [3.63, 3.8) is 0 Å². The molecule has 0 aromatic heterocycles. The molecule has 2 aromatic carbocycles. The van der Waals surface area contributed by atoms with Gasteiger partial charge in [0.05, 0.1) is 13.2 Å². The van der Waals surface area contributed by atoms with E-state index in [1.165, 1.54) is 0 Å². The van der Waals surface area contributed by atoms with Crippen molar-refractivity contribution < 1.29 is 26.7 Å². The summed E-state index contributed by atoms with van der Waals surface area (Å²) >= 11 is 0. The number of likely N-dealkylation sites (tertiary alicyclic amines) is 1. The molecule has 34 heavy (non-hydrogen) atoms. The van der Waals surface area contributed by atoms with Crippen LogP contribution in [0.3, 0.4) is 0 Å². The van der Waals surface area contributed by atoms with E-state index in [1.807, 2.05) is 29.2 Å². The maximum Gasteiger partial charge on any atom is 0.246 e. The van der Waals surface area contributed by atoms with Gasteiger partial charge in [-0.1, -0.05) is 25.0 Å². The van der Waals surface area contributed by atoms with Crippen LogP contribution in [0.1, 0.15) is 50.1 Å². The van der Waals surface area contributed by atoms with Crippen molar-refractivity contribution in [3.05, 3.63) is 59.7 Å². The highest BCUT2D eigenvalue weighted by atomic mass is 32.2. The SMILES string of the molecule is COc1ccc([C@@H]2CCCCCN2C(=O)C2CCN(S(=O)(=O)c3cc(F)ccc3F)CC2)cc1. The summed E-state index contributed by atoms with van der Waals surface area (Å²) in [5, 5.41) is 0. The first kappa shape index (κ1) is 24.6. The molecule has 2 fully saturated rings. The van der Waals surface area contributed by atoms with Crippen LogP contribution in [0.25, 0.3) is 0 Å². The number of amides is 1. The zero-order chi connectivity index (χ0) is 24.3. The number of sulfonamides is 1. The Bertz CT molecular complexity index is 1120. The molecule has 2 aromatic rings. The van der Waals surface area contributed by atoms with E-state index in [1.54, 1.807) is 7.11 Å². The van der Waals surface area contributed by atoms with E-state index >= 15 is 0 Å². The smallest absolute Gasteiger partial charge is 0.246 e. The molecule has 0 spiro atoms. The highest BCUT2D eigenvalue weighted by Gasteiger charge is 2.37. The molecule has 6 nitrogen and oxygen atoms in total. The first-order valence-corrected chi connectivity index (χ1v) is 13.1. The largest absolute Gasteiger partial charge is 0.497 e. The van der Waals surface area contributed by atoms with Crippen molar-refractivity contribution in [2.75, 3.05) is 26.7 Å².